The van der Waals surface area contributed by atoms with Gasteiger partial charge in [-0.2, -0.15) is 0 Å². The number of unbranched alkanes of at least 4 members (excludes halogenated alkanes) is 2. The van der Waals surface area contributed by atoms with Crippen molar-refractivity contribution in [2.75, 3.05) is 13.2 Å². The molecular formula is C18H21N3O3S. The van der Waals surface area contributed by atoms with Gasteiger partial charge in [-0.3, -0.25) is 14.5 Å². The first-order chi connectivity index (χ1) is 12.2. The maximum Gasteiger partial charge on any atom is 0.293 e. The zero-order valence-electron chi connectivity index (χ0n) is 14.2. The summed E-state index contributed by atoms with van der Waals surface area (Å²) in [7, 11) is 0. The summed E-state index contributed by atoms with van der Waals surface area (Å²) >= 11 is 1.04. The minimum absolute atomic E-state index is 0.161. The zero-order valence-corrected chi connectivity index (χ0v) is 15.0. The SMILES string of the molecule is CCC/C=C1/SC(=O)N(CCCCOc2cccn3ccnc23)C1=O. The van der Waals surface area contributed by atoms with E-state index in [1.165, 1.54) is 4.90 Å². The molecular weight excluding hydrogens is 338 g/mol. The number of ether oxygens (including phenoxy) is 1. The molecule has 0 N–H and O–H groups in total. The fraction of sp³-hybridized carbons (Fsp3) is 0.389. The van der Waals surface area contributed by atoms with Crippen LogP contribution in [0.25, 0.3) is 5.65 Å². The van der Waals surface area contributed by atoms with Gasteiger partial charge in [-0.15, -0.1) is 0 Å². The summed E-state index contributed by atoms with van der Waals surface area (Å²) in [6.07, 6.45) is 10.6. The molecule has 6 nitrogen and oxygen atoms in total. The van der Waals surface area contributed by atoms with Crippen LogP contribution in [0.3, 0.4) is 0 Å². The third-order valence-electron chi connectivity index (χ3n) is 3.91. The van der Waals surface area contributed by atoms with Gasteiger partial charge in [0, 0.05) is 25.1 Å². The molecule has 1 aliphatic heterocycles. The Labute approximate surface area is 150 Å². The highest BCUT2D eigenvalue weighted by atomic mass is 32.2. The van der Waals surface area contributed by atoms with Crippen molar-refractivity contribution in [3.8, 4) is 5.75 Å². The summed E-state index contributed by atoms with van der Waals surface area (Å²) < 4.78 is 7.68. The Hall–Kier alpha value is -2.28. The van der Waals surface area contributed by atoms with Gasteiger partial charge in [0.25, 0.3) is 11.1 Å². The van der Waals surface area contributed by atoms with E-state index in [9.17, 15) is 9.59 Å². The molecule has 2 amide bonds. The Morgan fingerprint density at radius 2 is 2.16 bits per heavy atom. The number of carbonyl (C=O) groups excluding carboxylic acids is 2. The third-order valence-corrected chi connectivity index (χ3v) is 4.87. The average molecular weight is 359 g/mol. The van der Waals surface area contributed by atoms with Crippen LogP contribution in [0.1, 0.15) is 32.6 Å². The lowest BCUT2D eigenvalue weighted by Gasteiger charge is -2.12. The van der Waals surface area contributed by atoms with Crippen molar-refractivity contribution in [1.29, 1.82) is 0 Å². The van der Waals surface area contributed by atoms with Gasteiger partial charge in [0.1, 0.15) is 0 Å². The standard InChI is InChI=1S/C18H21N3O3S/c1-2-3-8-15-17(22)21(18(23)25-15)11-4-5-13-24-14-7-6-10-20-12-9-19-16(14)20/h6-10,12H,2-5,11,13H2,1H3/b15-8+. The predicted molar refractivity (Wildman–Crippen MR) is 97.6 cm³/mol. The number of imidazole rings is 1. The third kappa shape index (κ3) is 4.04. The Morgan fingerprint density at radius 3 is 3.00 bits per heavy atom. The summed E-state index contributed by atoms with van der Waals surface area (Å²) in [5, 5.41) is -0.171. The fourth-order valence-electron chi connectivity index (χ4n) is 2.59. The van der Waals surface area contributed by atoms with Crippen LogP contribution in [0.5, 0.6) is 5.75 Å². The van der Waals surface area contributed by atoms with Crippen molar-refractivity contribution >= 4 is 28.6 Å². The number of aromatic nitrogens is 2. The molecule has 2 aromatic heterocycles. The van der Waals surface area contributed by atoms with Crippen molar-refractivity contribution < 1.29 is 14.3 Å². The Kier molecular flexibility index (Phi) is 5.75. The number of hydrogen-bond donors (Lipinski definition) is 0. The van der Waals surface area contributed by atoms with Crippen LogP contribution in [-0.4, -0.2) is 38.6 Å². The van der Waals surface area contributed by atoms with Gasteiger partial charge in [0.2, 0.25) is 0 Å². The molecule has 1 saturated heterocycles. The van der Waals surface area contributed by atoms with E-state index >= 15 is 0 Å². The minimum Gasteiger partial charge on any atom is -0.490 e. The molecule has 0 spiro atoms. The summed E-state index contributed by atoms with van der Waals surface area (Å²) in [5.41, 5.74) is 0.787. The normalized spacial score (nSPS) is 16.4. The fourth-order valence-corrected chi connectivity index (χ4v) is 3.47. The lowest BCUT2D eigenvalue weighted by Crippen LogP contribution is -2.29. The lowest BCUT2D eigenvalue weighted by molar-refractivity contribution is -0.122. The number of rotatable bonds is 8. The highest BCUT2D eigenvalue weighted by Gasteiger charge is 2.34. The van der Waals surface area contributed by atoms with E-state index in [2.05, 4.69) is 4.98 Å². The molecule has 132 valence electrons. The summed E-state index contributed by atoms with van der Waals surface area (Å²) in [5.74, 6) is 0.577. The van der Waals surface area contributed by atoms with Crippen molar-refractivity contribution in [3.63, 3.8) is 0 Å². The van der Waals surface area contributed by atoms with E-state index in [-0.39, 0.29) is 11.1 Å². The van der Waals surface area contributed by atoms with E-state index in [1.807, 2.05) is 41.9 Å². The van der Waals surface area contributed by atoms with Gasteiger partial charge in [-0.25, -0.2) is 4.98 Å². The largest absolute Gasteiger partial charge is 0.490 e. The molecule has 0 saturated carbocycles. The Bertz CT molecular complexity index is 800. The van der Waals surface area contributed by atoms with Crippen LogP contribution >= 0.6 is 11.8 Å². The molecule has 2 aromatic rings. The molecule has 25 heavy (non-hydrogen) atoms. The summed E-state index contributed by atoms with van der Waals surface area (Å²) in [6.45, 7) is 3.00. The molecule has 3 rings (SSSR count). The van der Waals surface area contributed by atoms with Gasteiger partial charge in [-0.1, -0.05) is 19.4 Å². The molecule has 0 aromatic carbocycles. The predicted octanol–water partition coefficient (Wildman–Crippen LogP) is 3.87. The zero-order chi connectivity index (χ0) is 17.6. The molecule has 0 atom stereocenters. The topological polar surface area (TPSA) is 63.9 Å². The van der Waals surface area contributed by atoms with Crippen molar-refractivity contribution in [1.82, 2.24) is 14.3 Å². The first-order valence-electron chi connectivity index (χ1n) is 8.49. The second-order valence-corrected chi connectivity index (χ2v) is 6.76. The van der Waals surface area contributed by atoms with Gasteiger partial charge in [0.15, 0.2) is 11.4 Å². The number of imide groups is 1. The van der Waals surface area contributed by atoms with E-state index < -0.39 is 0 Å². The van der Waals surface area contributed by atoms with Gasteiger partial charge in [-0.05, 0) is 43.2 Å². The van der Waals surface area contributed by atoms with Crippen molar-refractivity contribution in [2.24, 2.45) is 0 Å². The van der Waals surface area contributed by atoms with Crippen LogP contribution in [-0.2, 0) is 4.79 Å². The number of carbonyl (C=O) groups is 2. The van der Waals surface area contributed by atoms with E-state index in [4.69, 9.17) is 4.74 Å². The van der Waals surface area contributed by atoms with E-state index in [0.29, 0.717) is 18.1 Å². The van der Waals surface area contributed by atoms with Crippen LogP contribution in [0.2, 0.25) is 0 Å². The number of hydrogen-bond acceptors (Lipinski definition) is 5. The van der Waals surface area contributed by atoms with E-state index in [0.717, 1.165) is 48.8 Å². The maximum absolute atomic E-state index is 12.2. The lowest BCUT2D eigenvalue weighted by atomic mass is 10.3. The number of nitrogens with zero attached hydrogens (tertiary/aromatic N) is 3. The molecule has 1 fully saturated rings. The smallest absolute Gasteiger partial charge is 0.293 e. The minimum atomic E-state index is -0.171. The molecule has 0 aliphatic carbocycles. The second-order valence-electron chi connectivity index (χ2n) is 5.77. The van der Waals surface area contributed by atoms with Gasteiger partial charge < -0.3 is 9.14 Å². The van der Waals surface area contributed by atoms with E-state index in [1.54, 1.807) is 6.20 Å². The van der Waals surface area contributed by atoms with Crippen molar-refractivity contribution in [2.45, 2.75) is 32.6 Å². The molecule has 3 heterocycles. The van der Waals surface area contributed by atoms with Crippen LogP contribution in [0, 0.1) is 0 Å². The highest BCUT2D eigenvalue weighted by Crippen LogP contribution is 2.31. The first kappa shape index (κ1) is 17.5. The summed E-state index contributed by atoms with van der Waals surface area (Å²) in [4.78, 5) is 30.3. The average Bonchev–Trinajstić information content (AvgIpc) is 3.19. The van der Waals surface area contributed by atoms with Gasteiger partial charge in [0.05, 0.1) is 11.5 Å². The molecule has 1 aliphatic rings. The number of allylic oxidation sites excluding steroid dienone is 1. The number of amides is 2. The Morgan fingerprint density at radius 1 is 1.28 bits per heavy atom. The molecule has 0 radical (unpaired) electrons. The first-order valence-corrected chi connectivity index (χ1v) is 9.30. The quantitative estimate of drug-likeness (QED) is 0.529. The monoisotopic (exact) mass is 359 g/mol. The van der Waals surface area contributed by atoms with Gasteiger partial charge >= 0.3 is 0 Å². The summed E-state index contributed by atoms with van der Waals surface area (Å²) in [6, 6.07) is 3.80. The number of thioether (sulfide) groups is 1. The second kappa shape index (κ2) is 8.20. The number of fused-ring (bicyclic) bond motifs is 1. The molecule has 7 heteroatoms. The van der Waals surface area contributed by atoms with Crippen LogP contribution < -0.4 is 4.74 Å². The highest BCUT2D eigenvalue weighted by molar-refractivity contribution is 8.18. The van der Waals surface area contributed by atoms with Crippen LogP contribution in [0.4, 0.5) is 4.79 Å². The molecule has 0 unspecified atom stereocenters. The van der Waals surface area contributed by atoms with Crippen molar-refractivity contribution in [3.05, 3.63) is 41.7 Å². The molecule has 0 bridgehead atoms. The maximum atomic E-state index is 12.2. The Balaban J connectivity index is 1.45. The van der Waals surface area contributed by atoms with Crippen LogP contribution in [0.15, 0.2) is 41.7 Å². The number of pyridine rings is 1.